The molecule has 6 nitrogen and oxygen atoms in total. The first kappa shape index (κ1) is 22.4. The van der Waals surface area contributed by atoms with Crippen molar-refractivity contribution in [1.82, 2.24) is 19.2 Å². The molecule has 1 saturated carbocycles. The second-order valence-corrected chi connectivity index (χ2v) is 10.1. The normalized spacial score (nSPS) is 20.5. The lowest BCUT2D eigenvalue weighted by Crippen LogP contribution is -2.23. The van der Waals surface area contributed by atoms with Gasteiger partial charge in [0.1, 0.15) is 11.5 Å². The maximum absolute atomic E-state index is 15.0. The number of ether oxygens (including phenoxy) is 1. The van der Waals surface area contributed by atoms with Gasteiger partial charge in [-0.2, -0.15) is 5.10 Å². The highest BCUT2D eigenvalue weighted by Crippen LogP contribution is 2.41. The second-order valence-electron chi connectivity index (χ2n) is 9.70. The maximum atomic E-state index is 15.0. The number of benzene rings is 1. The zero-order valence-electron chi connectivity index (χ0n) is 19.7. The number of hydrogen-bond donors (Lipinski definition) is 0. The lowest BCUT2D eigenvalue weighted by Gasteiger charge is -2.30. The van der Waals surface area contributed by atoms with Gasteiger partial charge in [0.25, 0.3) is 5.56 Å². The predicted molar refractivity (Wildman–Crippen MR) is 133 cm³/mol. The van der Waals surface area contributed by atoms with Crippen molar-refractivity contribution >= 4 is 17.2 Å². The molecule has 180 valence electrons. The molecular weight excluding hydrogens is 467 g/mol. The summed E-state index contributed by atoms with van der Waals surface area (Å²) in [7, 11) is 0. The van der Waals surface area contributed by atoms with E-state index in [1.807, 2.05) is 23.1 Å². The number of fused-ring (bicyclic) bond motifs is 1. The molecule has 1 saturated heterocycles. The molecule has 2 fully saturated rings. The van der Waals surface area contributed by atoms with Crippen LogP contribution in [0.4, 0.5) is 4.39 Å². The number of pyridine rings is 1. The van der Waals surface area contributed by atoms with Crippen LogP contribution >= 0.6 is 11.6 Å². The molecule has 2 unspecified atom stereocenters. The Morgan fingerprint density at radius 3 is 2.69 bits per heavy atom. The Labute approximate surface area is 207 Å². The molecule has 35 heavy (non-hydrogen) atoms. The Morgan fingerprint density at radius 2 is 1.91 bits per heavy atom. The van der Waals surface area contributed by atoms with Crippen LogP contribution in [-0.4, -0.2) is 25.8 Å². The van der Waals surface area contributed by atoms with Crippen molar-refractivity contribution in [2.45, 2.75) is 57.6 Å². The summed E-state index contributed by atoms with van der Waals surface area (Å²) in [5, 5.41) is 4.84. The van der Waals surface area contributed by atoms with Crippen LogP contribution in [0.2, 0.25) is 5.02 Å². The third kappa shape index (κ3) is 4.06. The molecule has 4 heterocycles. The standard InChI is InChI=1S/C27H26ClFN4O2/c1-15-16(2)31-26-23(22-6-3-20(28)11-24(22)29)9-18(13-32(26)27(15)34)17-7-8-35-25(10-17)19-12-30-33(14-19)21-4-5-21/h3,6,9,11-14,17,21,25H,4-5,7-8,10H2,1-2H3. The summed E-state index contributed by atoms with van der Waals surface area (Å²) in [5.41, 5.74) is 4.53. The third-order valence-electron chi connectivity index (χ3n) is 7.31. The van der Waals surface area contributed by atoms with Crippen molar-refractivity contribution in [2.24, 2.45) is 0 Å². The maximum Gasteiger partial charge on any atom is 0.261 e. The average Bonchev–Trinajstić information content (AvgIpc) is 3.59. The number of halogens is 2. The zero-order valence-corrected chi connectivity index (χ0v) is 20.4. The molecule has 1 aliphatic carbocycles. The van der Waals surface area contributed by atoms with Crippen LogP contribution in [0.25, 0.3) is 16.8 Å². The minimum atomic E-state index is -0.443. The Bertz CT molecular complexity index is 1510. The zero-order chi connectivity index (χ0) is 24.3. The summed E-state index contributed by atoms with van der Waals surface area (Å²) in [4.78, 5) is 17.9. The van der Waals surface area contributed by atoms with Crippen molar-refractivity contribution < 1.29 is 9.13 Å². The van der Waals surface area contributed by atoms with E-state index in [1.54, 1.807) is 30.4 Å². The van der Waals surface area contributed by atoms with Gasteiger partial charge in [0.2, 0.25) is 0 Å². The van der Waals surface area contributed by atoms with E-state index < -0.39 is 5.82 Å². The van der Waals surface area contributed by atoms with Gasteiger partial charge < -0.3 is 4.74 Å². The van der Waals surface area contributed by atoms with Crippen LogP contribution in [0, 0.1) is 19.7 Å². The van der Waals surface area contributed by atoms with Gasteiger partial charge in [-0.1, -0.05) is 11.6 Å². The van der Waals surface area contributed by atoms with Crippen LogP contribution in [0.3, 0.4) is 0 Å². The van der Waals surface area contributed by atoms with Crippen molar-refractivity contribution in [2.75, 3.05) is 6.61 Å². The predicted octanol–water partition coefficient (Wildman–Crippen LogP) is 5.94. The monoisotopic (exact) mass is 492 g/mol. The number of rotatable bonds is 4. The second kappa shape index (κ2) is 8.57. The van der Waals surface area contributed by atoms with Crippen molar-refractivity contribution in [3.8, 4) is 11.1 Å². The summed E-state index contributed by atoms with van der Waals surface area (Å²) < 4.78 is 24.8. The van der Waals surface area contributed by atoms with E-state index in [0.29, 0.717) is 45.7 Å². The molecule has 0 amide bonds. The van der Waals surface area contributed by atoms with E-state index in [-0.39, 0.29) is 17.6 Å². The fourth-order valence-electron chi connectivity index (χ4n) is 4.97. The Balaban J connectivity index is 1.45. The average molecular weight is 493 g/mol. The first-order chi connectivity index (χ1) is 16.9. The molecule has 6 rings (SSSR count). The van der Waals surface area contributed by atoms with Gasteiger partial charge >= 0.3 is 0 Å². The minimum Gasteiger partial charge on any atom is -0.373 e. The molecule has 2 atom stereocenters. The van der Waals surface area contributed by atoms with Gasteiger partial charge in [0.05, 0.1) is 18.3 Å². The Kier molecular flexibility index (Phi) is 5.49. The topological polar surface area (TPSA) is 61.4 Å². The fourth-order valence-corrected chi connectivity index (χ4v) is 5.13. The van der Waals surface area contributed by atoms with Gasteiger partial charge in [-0.25, -0.2) is 9.37 Å². The highest BCUT2D eigenvalue weighted by molar-refractivity contribution is 6.30. The largest absolute Gasteiger partial charge is 0.373 e. The van der Waals surface area contributed by atoms with Crippen LogP contribution < -0.4 is 5.56 Å². The van der Waals surface area contributed by atoms with Gasteiger partial charge in [0.15, 0.2) is 0 Å². The molecule has 0 N–H and O–H groups in total. The summed E-state index contributed by atoms with van der Waals surface area (Å²) in [6.45, 7) is 4.18. The van der Waals surface area contributed by atoms with E-state index in [2.05, 4.69) is 16.3 Å². The highest BCUT2D eigenvalue weighted by atomic mass is 35.5. The lowest BCUT2D eigenvalue weighted by molar-refractivity contribution is 0.00516. The van der Waals surface area contributed by atoms with E-state index in [0.717, 1.165) is 24.0 Å². The quantitative estimate of drug-likeness (QED) is 0.354. The fraction of sp³-hybridized carbons (Fsp3) is 0.370. The number of hydrogen-bond acceptors (Lipinski definition) is 4. The molecule has 0 radical (unpaired) electrons. The number of aryl methyl sites for hydroxylation is 1. The first-order valence-electron chi connectivity index (χ1n) is 12.0. The lowest BCUT2D eigenvalue weighted by atomic mass is 9.86. The van der Waals surface area contributed by atoms with Crippen LogP contribution in [-0.2, 0) is 4.74 Å². The number of aromatic nitrogens is 4. The summed E-state index contributed by atoms with van der Waals surface area (Å²) in [6, 6.07) is 7.10. The van der Waals surface area contributed by atoms with Crippen molar-refractivity contribution in [1.29, 1.82) is 0 Å². The highest BCUT2D eigenvalue weighted by Gasteiger charge is 2.30. The van der Waals surface area contributed by atoms with E-state index in [4.69, 9.17) is 16.3 Å². The molecule has 1 aromatic carbocycles. The van der Waals surface area contributed by atoms with Gasteiger partial charge in [-0.05, 0) is 75.3 Å². The smallest absolute Gasteiger partial charge is 0.261 e. The third-order valence-corrected chi connectivity index (χ3v) is 7.54. The van der Waals surface area contributed by atoms with Crippen LogP contribution in [0.1, 0.15) is 66.1 Å². The first-order valence-corrected chi connectivity index (χ1v) is 12.4. The minimum absolute atomic E-state index is 0.0673. The Hall–Kier alpha value is -3.03. The molecular formula is C27H26ClFN4O2. The van der Waals surface area contributed by atoms with E-state index in [1.165, 1.54) is 18.9 Å². The SMILES string of the molecule is Cc1nc2c(-c3ccc(Cl)cc3F)cc(C3CCOC(c4cnn(C5CC5)c4)C3)cn2c(=O)c1C. The summed E-state index contributed by atoms with van der Waals surface area (Å²) in [5.74, 6) is -0.300. The molecule has 2 aliphatic rings. The summed E-state index contributed by atoms with van der Waals surface area (Å²) >= 11 is 6.01. The molecule has 4 aromatic rings. The molecule has 0 spiro atoms. The van der Waals surface area contributed by atoms with Gasteiger partial charge in [0, 0.05) is 52.0 Å². The summed E-state index contributed by atoms with van der Waals surface area (Å²) in [6.07, 6.45) is 9.74. The van der Waals surface area contributed by atoms with Crippen LogP contribution in [0.15, 0.2) is 47.7 Å². The van der Waals surface area contributed by atoms with Gasteiger partial charge in [-0.15, -0.1) is 0 Å². The van der Waals surface area contributed by atoms with Crippen molar-refractivity contribution in [3.05, 3.63) is 86.4 Å². The molecule has 8 heteroatoms. The molecule has 0 bridgehead atoms. The van der Waals surface area contributed by atoms with E-state index >= 15 is 4.39 Å². The Morgan fingerprint density at radius 1 is 1.09 bits per heavy atom. The van der Waals surface area contributed by atoms with Crippen molar-refractivity contribution in [3.63, 3.8) is 0 Å². The van der Waals surface area contributed by atoms with Gasteiger partial charge in [-0.3, -0.25) is 13.9 Å². The number of nitrogens with zero attached hydrogens (tertiary/aromatic N) is 4. The molecule has 3 aromatic heterocycles. The van der Waals surface area contributed by atoms with Crippen LogP contribution in [0.5, 0.6) is 0 Å². The van der Waals surface area contributed by atoms with E-state index in [9.17, 15) is 4.79 Å². The molecule has 1 aliphatic heterocycles.